The second kappa shape index (κ2) is 13.8. The molecule has 0 aromatic heterocycles. The average molecular weight is 473 g/mol. The molecule has 0 atom stereocenters. The van der Waals surface area contributed by atoms with Crippen LogP contribution in [0.3, 0.4) is 0 Å². The van der Waals surface area contributed by atoms with Crippen LogP contribution in [-0.2, 0) is 9.53 Å². The zero-order chi connectivity index (χ0) is 24.1. The summed E-state index contributed by atoms with van der Waals surface area (Å²) in [5, 5.41) is 5.18. The molecule has 3 amide bonds. The maximum atomic E-state index is 12.5. The number of hydrazine groups is 1. The number of carbonyl (C=O) groups is 3. The van der Waals surface area contributed by atoms with Gasteiger partial charge in [-0.2, -0.15) is 0 Å². The smallest absolute Gasteiger partial charge is 0.269 e. The second-order valence-electron chi connectivity index (χ2n) is 6.93. The number of carbonyl (C=O) groups excluding carboxylic acids is 3. The van der Waals surface area contributed by atoms with E-state index >= 15 is 0 Å². The number of thiocarbonyl (C=S) groups is 1. The molecule has 0 aliphatic heterocycles. The van der Waals surface area contributed by atoms with Crippen LogP contribution in [0.2, 0.25) is 0 Å². The van der Waals surface area contributed by atoms with Crippen LogP contribution < -0.4 is 26.2 Å². The van der Waals surface area contributed by atoms with Crippen LogP contribution in [0.25, 0.3) is 0 Å². The number of nitrogens with one attached hydrogen (secondary N) is 4. The fourth-order valence-electron chi connectivity index (χ4n) is 2.67. The van der Waals surface area contributed by atoms with Crippen molar-refractivity contribution in [3.8, 4) is 5.75 Å². The van der Waals surface area contributed by atoms with Crippen molar-refractivity contribution in [1.82, 2.24) is 16.2 Å². The number of hydrogen-bond acceptors (Lipinski definition) is 6. The van der Waals surface area contributed by atoms with Gasteiger partial charge in [0.2, 0.25) is 5.91 Å². The summed E-state index contributed by atoms with van der Waals surface area (Å²) in [4.78, 5) is 36.6. The standard InChI is InChI=1S/C23H28N4O5S/c1-3-4-9-20(28)24-17-12-10-16(11-13-17)21(29)26-27-23(33)25-22(30)18-7-5-6-8-19(18)32-15-14-31-2/h5-8,10-13H,3-4,9,14-15H2,1-2H3,(H,24,28)(H,26,29)(H2,25,27,30,33). The highest BCUT2D eigenvalue weighted by Crippen LogP contribution is 2.17. The van der Waals surface area contributed by atoms with E-state index in [1.165, 1.54) is 0 Å². The molecule has 2 aromatic rings. The van der Waals surface area contributed by atoms with Crippen molar-refractivity contribution in [3.63, 3.8) is 0 Å². The van der Waals surface area contributed by atoms with E-state index in [4.69, 9.17) is 21.7 Å². The summed E-state index contributed by atoms with van der Waals surface area (Å²) in [6, 6.07) is 13.1. The Labute approximate surface area is 198 Å². The van der Waals surface area contributed by atoms with Crippen molar-refractivity contribution >= 4 is 40.7 Å². The maximum Gasteiger partial charge on any atom is 0.269 e. The number of para-hydroxylation sites is 1. The van der Waals surface area contributed by atoms with Crippen LogP contribution in [0.4, 0.5) is 5.69 Å². The first-order chi connectivity index (χ1) is 15.9. The molecule has 0 aliphatic rings. The summed E-state index contributed by atoms with van der Waals surface area (Å²) in [7, 11) is 1.56. The van der Waals surface area contributed by atoms with Gasteiger partial charge in [-0.05, 0) is 55.0 Å². The summed E-state index contributed by atoms with van der Waals surface area (Å²) >= 11 is 5.09. The zero-order valence-corrected chi connectivity index (χ0v) is 19.4. The molecule has 0 saturated carbocycles. The normalized spacial score (nSPS) is 10.1. The van der Waals surface area contributed by atoms with Crippen molar-refractivity contribution in [2.75, 3.05) is 25.6 Å². The second-order valence-corrected chi connectivity index (χ2v) is 7.34. The van der Waals surface area contributed by atoms with Gasteiger partial charge in [0.05, 0.1) is 12.2 Å². The maximum absolute atomic E-state index is 12.5. The Bertz CT molecular complexity index is 966. The summed E-state index contributed by atoms with van der Waals surface area (Å²) in [5.41, 5.74) is 6.16. The first-order valence-corrected chi connectivity index (χ1v) is 10.9. The van der Waals surface area contributed by atoms with Gasteiger partial charge in [0.15, 0.2) is 5.11 Å². The highest BCUT2D eigenvalue weighted by atomic mass is 32.1. The van der Waals surface area contributed by atoms with E-state index in [0.717, 1.165) is 12.8 Å². The molecule has 4 N–H and O–H groups in total. The summed E-state index contributed by atoms with van der Waals surface area (Å²) in [6.45, 7) is 2.69. The number of unbranched alkanes of at least 4 members (excludes halogenated alkanes) is 1. The third kappa shape index (κ3) is 8.87. The van der Waals surface area contributed by atoms with Crippen molar-refractivity contribution in [1.29, 1.82) is 0 Å². The molecule has 0 bridgehead atoms. The Hall–Kier alpha value is -3.50. The Balaban J connectivity index is 1.84. The molecule has 0 radical (unpaired) electrons. The number of ether oxygens (including phenoxy) is 2. The lowest BCUT2D eigenvalue weighted by atomic mass is 10.2. The van der Waals surface area contributed by atoms with E-state index in [1.807, 2.05) is 6.92 Å². The van der Waals surface area contributed by atoms with Crippen LogP contribution in [0, 0.1) is 0 Å². The number of amides is 3. The Morgan fingerprint density at radius 2 is 1.67 bits per heavy atom. The van der Waals surface area contributed by atoms with Crippen molar-refractivity contribution in [2.45, 2.75) is 26.2 Å². The first kappa shape index (κ1) is 25.8. The Morgan fingerprint density at radius 1 is 0.939 bits per heavy atom. The van der Waals surface area contributed by atoms with Gasteiger partial charge in [-0.25, -0.2) is 0 Å². The number of hydrogen-bond donors (Lipinski definition) is 4. The van der Waals surface area contributed by atoms with E-state index in [9.17, 15) is 14.4 Å². The number of anilines is 1. The Kier molecular flexibility index (Phi) is 10.8. The van der Waals surface area contributed by atoms with Gasteiger partial charge in [0.1, 0.15) is 12.4 Å². The van der Waals surface area contributed by atoms with Crippen LogP contribution in [0.1, 0.15) is 46.9 Å². The molecular formula is C23H28N4O5S. The van der Waals surface area contributed by atoms with Crippen molar-refractivity contribution < 1.29 is 23.9 Å². The minimum absolute atomic E-state index is 0.0671. The van der Waals surface area contributed by atoms with Crippen LogP contribution in [0.15, 0.2) is 48.5 Å². The minimum Gasteiger partial charge on any atom is -0.490 e. The van der Waals surface area contributed by atoms with Gasteiger partial charge in [-0.3, -0.25) is 30.6 Å². The fraction of sp³-hybridized carbons (Fsp3) is 0.304. The summed E-state index contributed by atoms with van der Waals surface area (Å²) in [6.07, 6.45) is 2.22. The number of rotatable bonds is 10. The zero-order valence-electron chi connectivity index (χ0n) is 18.6. The lowest BCUT2D eigenvalue weighted by Crippen LogP contribution is -2.48. The SMILES string of the molecule is CCCCC(=O)Nc1ccc(C(=O)NNC(=S)NC(=O)c2ccccc2OCCOC)cc1. The van der Waals surface area contributed by atoms with E-state index < -0.39 is 11.8 Å². The lowest BCUT2D eigenvalue weighted by Gasteiger charge is -2.13. The third-order valence-corrected chi connectivity index (χ3v) is 4.59. The highest BCUT2D eigenvalue weighted by Gasteiger charge is 2.14. The molecule has 9 nitrogen and oxygen atoms in total. The van der Waals surface area contributed by atoms with Crippen LogP contribution >= 0.6 is 12.2 Å². The van der Waals surface area contributed by atoms with Gasteiger partial charge in [-0.15, -0.1) is 0 Å². The van der Waals surface area contributed by atoms with Crippen LogP contribution in [-0.4, -0.2) is 43.2 Å². The topological polar surface area (TPSA) is 118 Å². The van der Waals surface area contributed by atoms with Gasteiger partial charge < -0.3 is 14.8 Å². The Morgan fingerprint density at radius 3 is 2.36 bits per heavy atom. The molecule has 10 heteroatoms. The molecule has 0 fully saturated rings. The molecule has 0 heterocycles. The minimum atomic E-state index is -0.488. The van der Waals surface area contributed by atoms with Gasteiger partial charge in [-0.1, -0.05) is 25.5 Å². The monoisotopic (exact) mass is 472 g/mol. The predicted molar refractivity (Wildman–Crippen MR) is 129 cm³/mol. The molecule has 0 spiro atoms. The van der Waals surface area contributed by atoms with Crippen LogP contribution in [0.5, 0.6) is 5.75 Å². The number of benzene rings is 2. The first-order valence-electron chi connectivity index (χ1n) is 10.5. The van der Waals surface area contributed by atoms with Crippen molar-refractivity contribution in [2.24, 2.45) is 0 Å². The lowest BCUT2D eigenvalue weighted by molar-refractivity contribution is -0.116. The summed E-state index contributed by atoms with van der Waals surface area (Å²) in [5.74, 6) is -0.625. The molecule has 0 saturated heterocycles. The number of methoxy groups -OCH3 is 1. The van der Waals surface area contributed by atoms with Gasteiger partial charge >= 0.3 is 0 Å². The average Bonchev–Trinajstić information content (AvgIpc) is 2.82. The largest absolute Gasteiger partial charge is 0.490 e. The quantitative estimate of drug-likeness (QED) is 0.239. The predicted octanol–water partition coefficient (Wildman–Crippen LogP) is 2.79. The van der Waals surface area contributed by atoms with E-state index in [0.29, 0.717) is 42.2 Å². The van der Waals surface area contributed by atoms with Crippen molar-refractivity contribution in [3.05, 3.63) is 59.7 Å². The molecule has 2 rings (SSSR count). The fourth-order valence-corrected chi connectivity index (χ4v) is 2.81. The van der Waals surface area contributed by atoms with Gasteiger partial charge in [0, 0.05) is 24.8 Å². The molecule has 0 unspecified atom stereocenters. The van der Waals surface area contributed by atoms with E-state index in [-0.39, 0.29) is 11.0 Å². The highest BCUT2D eigenvalue weighted by molar-refractivity contribution is 7.80. The van der Waals surface area contributed by atoms with E-state index in [1.54, 1.807) is 55.6 Å². The third-order valence-electron chi connectivity index (χ3n) is 4.38. The molecule has 176 valence electrons. The molecule has 2 aromatic carbocycles. The molecule has 0 aliphatic carbocycles. The molecule has 33 heavy (non-hydrogen) atoms. The van der Waals surface area contributed by atoms with Gasteiger partial charge in [0.25, 0.3) is 11.8 Å². The molecular weight excluding hydrogens is 444 g/mol. The van der Waals surface area contributed by atoms with E-state index in [2.05, 4.69) is 21.5 Å². The summed E-state index contributed by atoms with van der Waals surface area (Å²) < 4.78 is 10.5.